The van der Waals surface area contributed by atoms with E-state index in [1.807, 2.05) is 61.1 Å². The van der Waals surface area contributed by atoms with Crippen molar-refractivity contribution in [2.45, 2.75) is 13.5 Å². The average Bonchev–Trinajstić information content (AvgIpc) is 2.96. The van der Waals surface area contributed by atoms with Crippen LogP contribution in [0.1, 0.15) is 12.5 Å². The first kappa shape index (κ1) is 16.4. The zero-order valence-corrected chi connectivity index (χ0v) is 14.5. The molecule has 1 aromatic heterocycles. The molecule has 2 aromatic carbocycles. The van der Waals surface area contributed by atoms with E-state index in [0.29, 0.717) is 13.2 Å². The van der Waals surface area contributed by atoms with Crippen LogP contribution in [0.3, 0.4) is 0 Å². The van der Waals surface area contributed by atoms with Crippen LogP contribution in [-0.2, 0) is 13.6 Å². The summed E-state index contributed by atoms with van der Waals surface area (Å²) in [5, 5.41) is 4.10. The zero-order chi connectivity index (χ0) is 16.9. The Kier molecular flexibility index (Phi) is 5.06. The number of benzene rings is 2. The lowest BCUT2D eigenvalue weighted by Gasteiger charge is -2.09. The zero-order valence-electron chi connectivity index (χ0n) is 13.8. The molecular weight excluding hydrogens is 322 g/mol. The molecule has 4 nitrogen and oxygen atoms in total. The van der Waals surface area contributed by atoms with E-state index >= 15 is 0 Å². The number of ether oxygens (including phenoxy) is 1. The second-order valence-corrected chi connectivity index (χ2v) is 5.90. The summed E-state index contributed by atoms with van der Waals surface area (Å²) in [5.74, 6) is 1.72. The van der Waals surface area contributed by atoms with Gasteiger partial charge in [-0.1, -0.05) is 35.9 Å². The summed E-state index contributed by atoms with van der Waals surface area (Å²) in [4.78, 5) is 4.47. The lowest BCUT2D eigenvalue weighted by Crippen LogP contribution is -2.05. The van der Waals surface area contributed by atoms with Crippen molar-refractivity contribution in [1.29, 1.82) is 0 Å². The minimum Gasteiger partial charge on any atom is -0.494 e. The van der Waals surface area contributed by atoms with Gasteiger partial charge in [0.05, 0.1) is 18.5 Å². The van der Waals surface area contributed by atoms with Gasteiger partial charge in [0, 0.05) is 18.6 Å². The molecular formula is C19H20ClN3O. The van der Waals surface area contributed by atoms with E-state index in [1.54, 1.807) is 0 Å². The number of nitrogens with one attached hydrogen (secondary N) is 1. The van der Waals surface area contributed by atoms with Gasteiger partial charge in [-0.15, -0.1) is 0 Å². The van der Waals surface area contributed by atoms with Crippen LogP contribution in [0.15, 0.2) is 54.7 Å². The van der Waals surface area contributed by atoms with E-state index < -0.39 is 0 Å². The molecule has 0 radical (unpaired) electrons. The molecule has 0 bridgehead atoms. The normalized spacial score (nSPS) is 10.6. The van der Waals surface area contributed by atoms with Gasteiger partial charge in [-0.2, -0.15) is 0 Å². The van der Waals surface area contributed by atoms with Crippen LogP contribution in [0, 0.1) is 0 Å². The molecule has 0 unspecified atom stereocenters. The maximum atomic E-state index is 5.95. The average molecular weight is 342 g/mol. The minimum absolute atomic E-state index is 0.679. The van der Waals surface area contributed by atoms with E-state index in [2.05, 4.69) is 22.4 Å². The van der Waals surface area contributed by atoms with Crippen molar-refractivity contribution in [1.82, 2.24) is 9.55 Å². The Hall–Kier alpha value is -2.46. The molecule has 0 saturated carbocycles. The molecule has 1 N–H and O–H groups in total. The third-order valence-electron chi connectivity index (χ3n) is 3.81. The molecule has 24 heavy (non-hydrogen) atoms. The number of hydrogen-bond donors (Lipinski definition) is 1. The molecule has 0 fully saturated rings. The fourth-order valence-corrected chi connectivity index (χ4v) is 2.64. The summed E-state index contributed by atoms with van der Waals surface area (Å²) in [5.41, 5.74) is 3.30. The first-order chi connectivity index (χ1) is 11.7. The van der Waals surface area contributed by atoms with Gasteiger partial charge < -0.3 is 14.6 Å². The highest BCUT2D eigenvalue weighted by Gasteiger charge is 2.08. The van der Waals surface area contributed by atoms with Crippen molar-refractivity contribution in [3.8, 4) is 17.0 Å². The fraction of sp³-hybridized carbons (Fsp3) is 0.211. The number of aromatic nitrogens is 2. The Morgan fingerprint density at radius 2 is 1.79 bits per heavy atom. The molecule has 3 aromatic rings. The Labute approximate surface area is 147 Å². The van der Waals surface area contributed by atoms with Crippen LogP contribution in [0.5, 0.6) is 5.75 Å². The number of rotatable bonds is 6. The van der Waals surface area contributed by atoms with Gasteiger partial charge in [-0.3, -0.25) is 0 Å². The molecule has 0 aliphatic carbocycles. The summed E-state index contributed by atoms with van der Waals surface area (Å²) in [6.07, 6.45) is 1.86. The van der Waals surface area contributed by atoms with Gasteiger partial charge in [0.15, 0.2) is 0 Å². The van der Waals surface area contributed by atoms with Gasteiger partial charge in [0.1, 0.15) is 5.75 Å². The number of halogens is 1. The summed E-state index contributed by atoms with van der Waals surface area (Å²) in [7, 11) is 2.00. The number of nitrogens with zero attached hydrogens (tertiary/aromatic N) is 2. The molecule has 0 spiro atoms. The monoisotopic (exact) mass is 341 g/mol. The molecule has 1 heterocycles. The third kappa shape index (κ3) is 3.71. The third-order valence-corrected chi connectivity index (χ3v) is 4.07. The SMILES string of the molecule is CCOc1ccc(CNc2ncc(-c3ccc(Cl)cc3)n2C)cc1. The predicted octanol–water partition coefficient (Wildman–Crippen LogP) is 4.75. The van der Waals surface area contributed by atoms with E-state index in [-0.39, 0.29) is 0 Å². The predicted molar refractivity (Wildman–Crippen MR) is 98.6 cm³/mol. The van der Waals surface area contributed by atoms with Gasteiger partial charge >= 0.3 is 0 Å². The van der Waals surface area contributed by atoms with Crippen LogP contribution < -0.4 is 10.1 Å². The van der Waals surface area contributed by atoms with Gasteiger partial charge in [-0.25, -0.2) is 4.98 Å². The molecule has 0 aliphatic heterocycles. The quantitative estimate of drug-likeness (QED) is 0.703. The fourth-order valence-electron chi connectivity index (χ4n) is 2.51. The molecule has 5 heteroatoms. The molecule has 3 rings (SSSR count). The highest BCUT2D eigenvalue weighted by Crippen LogP contribution is 2.24. The van der Waals surface area contributed by atoms with E-state index in [4.69, 9.17) is 16.3 Å². The molecule has 0 atom stereocenters. The minimum atomic E-state index is 0.679. The van der Waals surface area contributed by atoms with Gasteiger partial charge in [-0.05, 0) is 42.3 Å². The Bertz CT molecular complexity index is 794. The summed E-state index contributed by atoms with van der Waals surface area (Å²) >= 11 is 5.95. The highest BCUT2D eigenvalue weighted by atomic mass is 35.5. The lowest BCUT2D eigenvalue weighted by atomic mass is 10.2. The maximum absolute atomic E-state index is 5.95. The molecule has 0 saturated heterocycles. The van der Waals surface area contributed by atoms with Crippen LogP contribution >= 0.6 is 11.6 Å². The number of imidazole rings is 1. The van der Waals surface area contributed by atoms with Crippen LogP contribution in [0.4, 0.5) is 5.95 Å². The molecule has 0 amide bonds. The van der Waals surface area contributed by atoms with Gasteiger partial charge in [0.2, 0.25) is 5.95 Å². The van der Waals surface area contributed by atoms with Crippen molar-refractivity contribution in [3.05, 3.63) is 65.3 Å². The van der Waals surface area contributed by atoms with Crippen molar-refractivity contribution in [2.24, 2.45) is 7.05 Å². The summed E-state index contributed by atoms with van der Waals surface area (Å²) in [6, 6.07) is 15.8. The van der Waals surface area contributed by atoms with Gasteiger partial charge in [0.25, 0.3) is 0 Å². The Balaban J connectivity index is 1.69. The van der Waals surface area contributed by atoms with E-state index in [1.165, 1.54) is 5.56 Å². The maximum Gasteiger partial charge on any atom is 0.203 e. The largest absolute Gasteiger partial charge is 0.494 e. The van der Waals surface area contributed by atoms with Crippen molar-refractivity contribution < 1.29 is 4.74 Å². The van der Waals surface area contributed by atoms with Crippen molar-refractivity contribution in [2.75, 3.05) is 11.9 Å². The topological polar surface area (TPSA) is 39.1 Å². The second-order valence-electron chi connectivity index (χ2n) is 5.46. The second kappa shape index (κ2) is 7.41. The smallest absolute Gasteiger partial charge is 0.203 e. The van der Waals surface area contributed by atoms with Crippen LogP contribution in [0.2, 0.25) is 5.02 Å². The van der Waals surface area contributed by atoms with E-state index in [0.717, 1.165) is 28.0 Å². The Morgan fingerprint density at radius 1 is 1.08 bits per heavy atom. The number of anilines is 1. The standard InChI is InChI=1S/C19H20ClN3O/c1-3-24-17-10-4-14(5-11-17)12-21-19-22-13-18(23(19)2)15-6-8-16(20)9-7-15/h4-11,13H,3,12H2,1-2H3,(H,21,22). The van der Waals surface area contributed by atoms with Crippen LogP contribution in [0.25, 0.3) is 11.3 Å². The van der Waals surface area contributed by atoms with Crippen molar-refractivity contribution >= 4 is 17.5 Å². The highest BCUT2D eigenvalue weighted by molar-refractivity contribution is 6.30. The lowest BCUT2D eigenvalue weighted by molar-refractivity contribution is 0.340. The molecule has 0 aliphatic rings. The number of hydrogen-bond acceptors (Lipinski definition) is 3. The summed E-state index contributed by atoms with van der Waals surface area (Å²) < 4.78 is 7.50. The van der Waals surface area contributed by atoms with Crippen molar-refractivity contribution in [3.63, 3.8) is 0 Å². The molecule has 124 valence electrons. The van der Waals surface area contributed by atoms with Crippen LogP contribution in [-0.4, -0.2) is 16.2 Å². The first-order valence-corrected chi connectivity index (χ1v) is 8.28. The first-order valence-electron chi connectivity index (χ1n) is 7.90. The van der Waals surface area contributed by atoms with E-state index in [9.17, 15) is 0 Å². The Morgan fingerprint density at radius 3 is 2.46 bits per heavy atom. The summed E-state index contributed by atoms with van der Waals surface area (Å²) in [6.45, 7) is 3.37.